The second-order valence-corrected chi connectivity index (χ2v) is 3.85. The van der Waals surface area contributed by atoms with Crippen LogP contribution >= 0.6 is 0 Å². The van der Waals surface area contributed by atoms with E-state index in [1.807, 2.05) is 42.5 Å². The molecule has 0 spiro atoms. The number of nitrogens with zero attached hydrogens (tertiary/aromatic N) is 1. The lowest BCUT2D eigenvalue weighted by Gasteiger charge is -1.99. The first-order valence-electron chi connectivity index (χ1n) is 5.54. The molecule has 0 unspecified atom stereocenters. The van der Waals surface area contributed by atoms with Crippen LogP contribution in [-0.4, -0.2) is 4.92 Å². The Kier molecular flexibility index (Phi) is 3.19. The van der Waals surface area contributed by atoms with Gasteiger partial charge in [0.1, 0.15) is 0 Å². The zero-order valence-corrected chi connectivity index (χ0v) is 9.59. The van der Waals surface area contributed by atoms with E-state index in [1.54, 1.807) is 13.0 Å². The predicted molar refractivity (Wildman–Crippen MR) is 69.2 cm³/mol. The van der Waals surface area contributed by atoms with Crippen molar-refractivity contribution in [2.24, 2.45) is 0 Å². The van der Waals surface area contributed by atoms with Crippen LogP contribution in [0.2, 0.25) is 0 Å². The molecule has 0 amide bonds. The number of hydrogen-bond donors (Lipinski definition) is 0. The fraction of sp³-hybridized carbons (Fsp3) is 0.143. The zero-order valence-electron chi connectivity index (χ0n) is 9.59. The molecule has 0 aliphatic rings. The predicted octanol–water partition coefficient (Wildman–Crippen LogP) is 3.87. The summed E-state index contributed by atoms with van der Waals surface area (Å²) in [6, 6.07) is 13.8. The molecule has 86 valence electrons. The monoisotopic (exact) mass is 227 g/mol. The maximum Gasteiger partial charge on any atom is 0.246 e. The van der Waals surface area contributed by atoms with Gasteiger partial charge in [0, 0.05) is 12.5 Å². The molecule has 3 nitrogen and oxygen atoms in total. The first-order chi connectivity index (χ1) is 8.20. The van der Waals surface area contributed by atoms with Gasteiger partial charge >= 0.3 is 0 Å². The smallest absolute Gasteiger partial charge is 0.246 e. The van der Waals surface area contributed by atoms with Crippen LogP contribution in [-0.2, 0) is 0 Å². The Labute approximate surface area is 99.5 Å². The average Bonchev–Trinajstić information content (AvgIpc) is 2.35. The molecule has 17 heavy (non-hydrogen) atoms. The minimum absolute atomic E-state index is 0.236. The van der Waals surface area contributed by atoms with E-state index in [0.717, 1.165) is 16.3 Å². The molecule has 0 fully saturated rings. The van der Waals surface area contributed by atoms with E-state index in [-0.39, 0.29) is 10.6 Å². The van der Waals surface area contributed by atoms with Crippen molar-refractivity contribution in [3.63, 3.8) is 0 Å². The summed E-state index contributed by atoms with van der Waals surface area (Å²) in [4.78, 5) is 10.4. The molecule has 2 rings (SSSR count). The SMILES string of the molecule is CCC(=Cc1ccc2ccccc2c1)[N+](=O)[O-]. The molecule has 0 aliphatic carbocycles. The molecular weight excluding hydrogens is 214 g/mol. The summed E-state index contributed by atoms with van der Waals surface area (Å²) in [7, 11) is 0. The lowest BCUT2D eigenvalue weighted by Crippen LogP contribution is -1.96. The Morgan fingerprint density at radius 1 is 1.24 bits per heavy atom. The second kappa shape index (κ2) is 4.78. The van der Waals surface area contributed by atoms with E-state index in [9.17, 15) is 10.1 Å². The molecule has 0 aliphatic heterocycles. The molecule has 0 atom stereocenters. The minimum Gasteiger partial charge on any atom is -0.259 e. The normalized spacial score (nSPS) is 11.7. The summed E-state index contributed by atoms with van der Waals surface area (Å²) in [6.07, 6.45) is 2.06. The van der Waals surface area contributed by atoms with E-state index in [2.05, 4.69) is 0 Å². The van der Waals surface area contributed by atoms with E-state index >= 15 is 0 Å². The standard InChI is InChI=1S/C14H13NO2/c1-2-14(15(16)17)10-11-7-8-12-5-3-4-6-13(12)9-11/h3-10H,2H2,1H3. The number of allylic oxidation sites excluding steroid dienone is 1. The first-order valence-corrected chi connectivity index (χ1v) is 5.54. The molecule has 0 radical (unpaired) electrons. The third-order valence-corrected chi connectivity index (χ3v) is 2.70. The highest BCUT2D eigenvalue weighted by molar-refractivity contribution is 5.84. The van der Waals surface area contributed by atoms with Gasteiger partial charge in [0.15, 0.2) is 0 Å². The molecule has 0 N–H and O–H groups in total. The second-order valence-electron chi connectivity index (χ2n) is 3.85. The van der Waals surface area contributed by atoms with Crippen molar-refractivity contribution in [3.05, 3.63) is 63.8 Å². The number of hydrogen-bond acceptors (Lipinski definition) is 2. The quantitative estimate of drug-likeness (QED) is 0.590. The third kappa shape index (κ3) is 2.50. The van der Waals surface area contributed by atoms with Crippen molar-refractivity contribution in [2.45, 2.75) is 13.3 Å². The van der Waals surface area contributed by atoms with Crippen LogP contribution in [0.4, 0.5) is 0 Å². The van der Waals surface area contributed by atoms with Crippen LogP contribution < -0.4 is 0 Å². The fourth-order valence-electron chi connectivity index (χ4n) is 1.77. The highest BCUT2D eigenvalue weighted by atomic mass is 16.6. The summed E-state index contributed by atoms with van der Waals surface area (Å²) in [6.45, 7) is 1.79. The van der Waals surface area contributed by atoms with Gasteiger partial charge in [-0.1, -0.05) is 43.3 Å². The molecule has 0 heterocycles. The van der Waals surface area contributed by atoms with Gasteiger partial charge < -0.3 is 0 Å². The Balaban J connectivity index is 2.46. The van der Waals surface area contributed by atoms with E-state index in [1.165, 1.54) is 0 Å². The lowest BCUT2D eigenvalue weighted by molar-refractivity contribution is -0.425. The fourth-order valence-corrected chi connectivity index (χ4v) is 1.77. The van der Waals surface area contributed by atoms with Crippen LogP contribution in [0.1, 0.15) is 18.9 Å². The molecular formula is C14H13NO2. The van der Waals surface area contributed by atoms with Crippen molar-refractivity contribution in [2.75, 3.05) is 0 Å². The molecule has 0 aromatic heterocycles. The summed E-state index contributed by atoms with van der Waals surface area (Å²) >= 11 is 0. The number of nitro groups is 1. The van der Waals surface area contributed by atoms with Crippen LogP contribution in [0, 0.1) is 10.1 Å². The van der Waals surface area contributed by atoms with E-state index in [4.69, 9.17) is 0 Å². The van der Waals surface area contributed by atoms with Crippen LogP contribution in [0.25, 0.3) is 16.8 Å². The Hall–Kier alpha value is -2.16. The number of benzene rings is 2. The molecule has 3 heteroatoms. The van der Waals surface area contributed by atoms with Crippen molar-refractivity contribution < 1.29 is 4.92 Å². The van der Waals surface area contributed by atoms with Gasteiger partial charge in [-0.3, -0.25) is 10.1 Å². The van der Waals surface area contributed by atoms with Gasteiger partial charge in [-0.25, -0.2) is 0 Å². The van der Waals surface area contributed by atoms with Gasteiger partial charge in [0.25, 0.3) is 0 Å². The van der Waals surface area contributed by atoms with Crippen molar-refractivity contribution in [1.82, 2.24) is 0 Å². The summed E-state index contributed by atoms with van der Waals surface area (Å²) in [5.41, 5.74) is 1.11. The molecule has 0 bridgehead atoms. The van der Waals surface area contributed by atoms with E-state index < -0.39 is 0 Å². The summed E-state index contributed by atoms with van der Waals surface area (Å²) in [5, 5.41) is 13.0. The maximum atomic E-state index is 10.7. The van der Waals surface area contributed by atoms with Crippen LogP contribution in [0.15, 0.2) is 48.2 Å². The Morgan fingerprint density at radius 2 is 1.94 bits per heavy atom. The van der Waals surface area contributed by atoms with Crippen molar-refractivity contribution in [3.8, 4) is 0 Å². The minimum atomic E-state index is -0.324. The van der Waals surface area contributed by atoms with Gasteiger partial charge in [-0.2, -0.15) is 0 Å². The van der Waals surface area contributed by atoms with E-state index in [0.29, 0.717) is 6.42 Å². The van der Waals surface area contributed by atoms with Crippen molar-refractivity contribution >= 4 is 16.8 Å². The summed E-state index contributed by atoms with van der Waals surface area (Å²) in [5.74, 6) is 0. The Morgan fingerprint density at radius 3 is 2.59 bits per heavy atom. The highest BCUT2D eigenvalue weighted by Crippen LogP contribution is 2.18. The molecule has 0 saturated heterocycles. The molecule has 0 saturated carbocycles. The molecule has 2 aromatic carbocycles. The van der Waals surface area contributed by atoms with Gasteiger partial charge in [-0.05, 0) is 22.4 Å². The van der Waals surface area contributed by atoms with Crippen LogP contribution in [0.3, 0.4) is 0 Å². The topological polar surface area (TPSA) is 43.1 Å². The molecule has 2 aromatic rings. The van der Waals surface area contributed by atoms with Gasteiger partial charge in [-0.15, -0.1) is 0 Å². The lowest BCUT2D eigenvalue weighted by atomic mass is 10.1. The summed E-state index contributed by atoms with van der Waals surface area (Å²) < 4.78 is 0. The number of rotatable bonds is 3. The van der Waals surface area contributed by atoms with Gasteiger partial charge in [0.05, 0.1) is 4.92 Å². The maximum absolute atomic E-state index is 10.7. The first kappa shape index (κ1) is 11.3. The van der Waals surface area contributed by atoms with Crippen molar-refractivity contribution in [1.29, 1.82) is 0 Å². The van der Waals surface area contributed by atoms with Crippen LogP contribution in [0.5, 0.6) is 0 Å². The Bertz CT molecular complexity index is 588. The number of fused-ring (bicyclic) bond motifs is 1. The largest absolute Gasteiger partial charge is 0.259 e. The van der Waals surface area contributed by atoms with Gasteiger partial charge in [0.2, 0.25) is 5.70 Å². The average molecular weight is 227 g/mol. The third-order valence-electron chi connectivity index (χ3n) is 2.70. The zero-order chi connectivity index (χ0) is 12.3. The highest BCUT2D eigenvalue weighted by Gasteiger charge is 2.06.